The molecule has 3 aromatic rings. The van der Waals surface area contributed by atoms with E-state index in [1.54, 1.807) is 50.4 Å². The number of anilines is 1. The molecule has 29 heavy (non-hydrogen) atoms. The molecular weight excluding hydrogens is 387 g/mol. The van der Waals surface area contributed by atoms with Crippen LogP contribution >= 0.6 is 0 Å². The monoisotopic (exact) mass is 405 g/mol. The Balaban J connectivity index is 1.80. The molecule has 3 rings (SSSR count). The number of aromatic nitrogens is 3. The van der Waals surface area contributed by atoms with Gasteiger partial charge in [-0.15, -0.1) is 5.10 Å². The second-order valence-corrected chi connectivity index (χ2v) is 6.65. The predicted molar refractivity (Wildman–Crippen MR) is 99.8 cm³/mol. The highest BCUT2D eigenvalue weighted by Gasteiger charge is 2.38. The number of hydrogen-bond acceptors (Lipinski definition) is 4. The molecular formula is C19H18F3N5O2. The number of carbonyl (C=O) groups is 2. The van der Waals surface area contributed by atoms with Gasteiger partial charge in [0.25, 0.3) is 0 Å². The minimum atomic E-state index is -4.91. The molecule has 0 spiro atoms. The Morgan fingerprint density at radius 1 is 1.14 bits per heavy atom. The molecule has 0 aliphatic heterocycles. The number of nitrogens with zero attached hydrogens (tertiary/aromatic N) is 3. The highest BCUT2D eigenvalue weighted by Crippen LogP contribution is 2.25. The summed E-state index contributed by atoms with van der Waals surface area (Å²) in [4.78, 5) is 27.1. The minimum Gasteiger partial charge on any atom is -0.344 e. The van der Waals surface area contributed by atoms with Crippen LogP contribution in [0.4, 0.5) is 19.1 Å². The molecule has 2 amide bonds. The fraction of sp³-hybridized carbons (Fsp3) is 0.263. The third kappa shape index (κ3) is 4.71. The van der Waals surface area contributed by atoms with Crippen molar-refractivity contribution in [2.75, 3.05) is 5.32 Å². The van der Waals surface area contributed by atoms with E-state index in [9.17, 15) is 22.8 Å². The third-order valence-corrected chi connectivity index (χ3v) is 4.10. The summed E-state index contributed by atoms with van der Waals surface area (Å²) in [6.07, 6.45) is -3.22. The van der Waals surface area contributed by atoms with Gasteiger partial charge in [0, 0.05) is 24.2 Å². The molecule has 0 aliphatic carbocycles. The van der Waals surface area contributed by atoms with Gasteiger partial charge in [-0.25, -0.2) is 4.52 Å². The summed E-state index contributed by atoms with van der Waals surface area (Å²) in [5.41, 5.74) is 2.53. The normalized spacial score (nSPS) is 11.7. The highest BCUT2D eigenvalue weighted by molar-refractivity contribution is 5.91. The molecule has 0 aliphatic rings. The van der Waals surface area contributed by atoms with Crippen molar-refractivity contribution in [3.63, 3.8) is 0 Å². The van der Waals surface area contributed by atoms with Crippen LogP contribution in [0.25, 0.3) is 16.8 Å². The summed E-state index contributed by atoms with van der Waals surface area (Å²) < 4.78 is 38.3. The fourth-order valence-corrected chi connectivity index (χ4v) is 2.52. The summed E-state index contributed by atoms with van der Waals surface area (Å²) in [7, 11) is 0. The number of fused-ring (bicyclic) bond motifs is 1. The van der Waals surface area contributed by atoms with Gasteiger partial charge in [0.05, 0.1) is 0 Å². The third-order valence-electron chi connectivity index (χ3n) is 4.10. The van der Waals surface area contributed by atoms with E-state index < -0.39 is 12.1 Å². The van der Waals surface area contributed by atoms with E-state index in [1.165, 1.54) is 4.52 Å². The average Bonchev–Trinajstić information content (AvgIpc) is 3.08. The zero-order chi connectivity index (χ0) is 21.2. The molecule has 1 aromatic carbocycles. The molecule has 0 radical (unpaired) electrons. The van der Waals surface area contributed by atoms with Gasteiger partial charge >= 0.3 is 12.1 Å². The van der Waals surface area contributed by atoms with Gasteiger partial charge < -0.3 is 5.32 Å². The van der Waals surface area contributed by atoms with E-state index in [2.05, 4.69) is 15.4 Å². The number of rotatable bonds is 5. The lowest BCUT2D eigenvalue weighted by atomic mass is 10.1. The molecule has 0 saturated carbocycles. The standard InChI is InChI=1S/C19H18F3N5O2/c1-11(2)16(28)25-18-24-15-14(4-3-9-27(15)26-18)13-7-5-12(6-8-13)10-23-17(29)19(20,21)22/h3-9,11H,10H2,1-2H3,(H,23,29)(H,25,26,28). The second-order valence-electron chi connectivity index (χ2n) is 6.65. The van der Waals surface area contributed by atoms with E-state index in [0.29, 0.717) is 11.2 Å². The smallest absolute Gasteiger partial charge is 0.344 e. The van der Waals surface area contributed by atoms with Gasteiger partial charge in [-0.2, -0.15) is 18.2 Å². The Bertz CT molecular complexity index is 1040. The number of benzene rings is 1. The first-order chi connectivity index (χ1) is 13.6. The highest BCUT2D eigenvalue weighted by atomic mass is 19.4. The van der Waals surface area contributed by atoms with Crippen LogP contribution in [0.1, 0.15) is 19.4 Å². The number of halogens is 3. The van der Waals surface area contributed by atoms with Crippen LogP contribution in [0.15, 0.2) is 42.6 Å². The zero-order valence-corrected chi connectivity index (χ0v) is 15.6. The summed E-state index contributed by atoms with van der Waals surface area (Å²) >= 11 is 0. The Kier molecular flexibility index (Phi) is 5.53. The van der Waals surface area contributed by atoms with Gasteiger partial charge in [-0.05, 0) is 23.3 Å². The van der Waals surface area contributed by atoms with Crippen LogP contribution in [-0.2, 0) is 16.1 Å². The maximum Gasteiger partial charge on any atom is 0.471 e. The van der Waals surface area contributed by atoms with Crippen molar-refractivity contribution in [3.05, 3.63) is 48.2 Å². The van der Waals surface area contributed by atoms with E-state index in [-0.39, 0.29) is 24.3 Å². The molecule has 152 valence electrons. The Hall–Kier alpha value is -3.43. The lowest BCUT2D eigenvalue weighted by Gasteiger charge is -2.09. The molecule has 0 atom stereocenters. The Morgan fingerprint density at radius 2 is 1.83 bits per heavy atom. The Morgan fingerprint density at radius 3 is 2.45 bits per heavy atom. The molecule has 10 heteroatoms. The van der Waals surface area contributed by atoms with Crippen molar-refractivity contribution in [2.45, 2.75) is 26.6 Å². The molecule has 0 fully saturated rings. The number of pyridine rings is 1. The molecule has 0 saturated heterocycles. The van der Waals surface area contributed by atoms with Crippen LogP contribution < -0.4 is 10.6 Å². The number of amides is 2. The fourth-order valence-electron chi connectivity index (χ4n) is 2.52. The van der Waals surface area contributed by atoms with E-state index in [1.807, 2.05) is 11.4 Å². The van der Waals surface area contributed by atoms with E-state index in [0.717, 1.165) is 11.1 Å². The van der Waals surface area contributed by atoms with Crippen LogP contribution in [-0.4, -0.2) is 32.6 Å². The summed E-state index contributed by atoms with van der Waals surface area (Å²) in [5, 5.41) is 8.70. The number of alkyl halides is 3. The van der Waals surface area contributed by atoms with Crippen LogP contribution in [0.3, 0.4) is 0 Å². The SMILES string of the molecule is CC(C)C(=O)Nc1nc2c(-c3ccc(CNC(=O)C(F)(F)F)cc3)cccn2n1. The summed E-state index contributed by atoms with van der Waals surface area (Å²) in [6, 6.07) is 10.2. The lowest BCUT2D eigenvalue weighted by molar-refractivity contribution is -0.173. The van der Waals surface area contributed by atoms with Crippen LogP contribution in [0, 0.1) is 5.92 Å². The van der Waals surface area contributed by atoms with Gasteiger partial charge in [-0.1, -0.05) is 38.1 Å². The van der Waals surface area contributed by atoms with Crippen molar-refractivity contribution in [3.8, 4) is 11.1 Å². The van der Waals surface area contributed by atoms with Crippen molar-refractivity contribution < 1.29 is 22.8 Å². The minimum absolute atomic E-state index is 0.183. The first-order valence-electron chi connectivity index (χ1n) is 8.76. The van der Waals surface area contributed by atoms with Gasteiger partial charge in [-0.3, -0.25) is 14.9 Å². The molecule has 2 aromatic heterocycles. The van der Waals surface area contributed by atoms with E-state index >= 15 is 0 Å². The van der Waals surface area contributed by atoms with Crippen molar-refractivity contribution in [1.29, 1.82) is 0 Å². The molecule has 7 nitrogen and oxygen atoms in total. The zero-order valence-electron chi connectivity index (χ0n) is 15.6. The molecule has 0 unspecified atom stereocenters. The van der Waals surface area contributed by atoms with Crippen molar-refractivity contribution >= 4 is 23.4 Å². The van der Waals surface area contributed by atoms with Gasteiger partial charge in [0.1, 0.15) is 0 Å². The quantitative estimate of drug-likeness (QED) is 0.683. The molecule has 0 bridgehead atoms. The summed E-state index contributed by atoms with van der Waals surface area (Å²) in [5.74, 6) is -2.22. The van der Waals surface area contributed by atoms with Crippen molar-refractivity contribution in [2.24, 2.45) is 5.92 Å². The number of hydrogen-bond donors (Lipinski definition) is 2. The second kappa shape index (κ2) is 7.90. The van der Waals surface area contributed by atoms with Gasteiger partial charge in [0.2, 0.25) is 11.9 Å². The van der Waals surface area contributed by atoms with E-state index in [4.69, 9.17) is 0 Å². The van der Waals surface area contributed by atoms with Crippen LogP contribution in [0.2, 0.25) is 0 Å². The number of nitrogens with one attached hydrogen (secondary N) is 2. The summed E-state index contributed by atoms with van der Waals surface area (Å²) in [6.45, 7) is 3.28. The first kappa shape index (κ1) is 20.3. The van der Waals surface area contributed by atoms with Crippen LogP contribution in [0.5, 0.6) is 0 Å². The average molecular weight is 405 g/mol. The molecule has 2 N–H and O–H groups in total. The maximum atomic E-state index is 12.3. The Labute approximate surface area is 163 Å². The number of carbonyl (C=O) groups excluding carboxylic acids is 2. The van der Waals surface area contributed by atoms with Gasteiger partial charge in [0.15, 0.2) is 5.65 Å². The molecule has 2 heterocycles. The largest absolute Gasteiger partial charge is 0.471 e. The lowest BCUT2D eigenvalue weighted by Crippen LogP contribution is -2.36. The first-order valence-corrected chi connectivity index (χ1v) is 8.76. The topological polar surface area (TPSA) is 88.4 Å². The van der Waals surface area contributed by atoms with Crippen molar-refractivity contribution in [1.82, 2.24) is 19.9 Å². The predicted octanol–water partition coefficient (Wildman–Crippen LogP) is 3.17. The maximum absolute atomic E-state index is 12.3.